The van der Waals surface area contributed by atoms with Crippen molar-refractivity contribution < 1.29 is 9.90 Å². The Morgan fingerprint density at radius 3 is 2.65 bits per heavy atom. The van der Waals surface area contributed by atoms with Gasteiger partial charge in [-0.1, -0.05) is 42.5 Å². The molecular formula is C18H16O2. The molecule has 0 aliphatic heterocycles. The van der Waals surface area contributed by atoms with Gasteiger partial charge >= 0.3 is 5.97 Å². The van der Waals surface area contributed by atoms with Crippen molar-refractivity contribution >= 4 is 22.8 Å². The molecule has 0 fully saturated rings. The fourth-order valence-electron chi connectivity index (χ4n) is 2.88. The second kappa shape index (κ2) is 4.97. The molecule has 2 nitrogen and oxygen atoms in total. The lowest BCUT2D eigenvalue weighted by Crippen LogP contribution is -1.88. The molecule has 0 heterocycles. The first-order chi connectivity index (χ1) is 9.65. The molecule has 0 amide bonds. The number of carboxylic acid groups (broad SMARTS) is 1. The Hall–Kier alpha value is -2.35. The molecule has 0 radical (unpaired) electrons. The van der Waals surface area contributed by atoms with Crippen LogP contribution in [0.5, 0.6) is 0 Å². The fourth-order valence-corrected chi connectivity index (χ4v) is 2.88. The van der Waals surface area contributed by atoms with E-state index in [0.29, 0.717) is 0 Å². The van der Waals surface area contributed by atoms with Crippen molar-refractivity contribution in [1.82, 2.24) is 0 Å². The minimum absolute atomic E-state index is 0.737. The highest BCUT2D eigenvalue weighted by molar-refractivity contribution is 5.96. The van der Waals surface area contributed by atoms with Crippen molar-refractivity contribution in [2.45, 2.75) is 19.8 Å². The summed E-state index contributed by atoms with van der Waals surface area (Å²) in [7, 11) is 0. The molecule has 0 atom stereocenters. The Labute approximate surface area is 118 Å². The smallest absolute Gasteiger partial charge is 0.328 e. The van der Waals surface area contributed by atoms with Crippen LogP contribution in [0.1, 0.15) is 23.6 Å². The molecule has 2 aromatic carbocycles. The number of benzene rings is 2. The molecule has 1 aliphatic rings. The summed E-state index contributed by atoms with van der Waals surface area (Å²) in [6, 6.07) is 10.8. The van der Waals surface area contributed by atoms with Crippen LogP contribution in [0.4, 0.5) is 0 Å². The van der Waals surface area contributed by atoms with Crippen LogP contribution in [0.25, 0.3) is 16.8 Å². The normalized spacial score (nSPS) is 14.3. The van der Waals surface area contributed by atoms with E-state index in [4.69, 9.17) is 5.11 Å². The monoisotopic (exact) mass is 264 g/mol. The third-order valence-corrected chi connectivity index (χ3v) is 3.79. The summed E-state index contributed by atoms with van der Waals surface area (Å²) in [5.74, 6) is -0.910. The lowest BCUT2D eigenvalue weighted by molar-refractivity contribution is -0.131. The first-order valence-corrected chi connectivity index (χ1v) is 6.78. The number of rotatable bonds is 3. The second-order valence-corrected chi connectivity index (χ2v) is 5.21. The Bertz CT molecular complexity index is 741. The van der Waals surface area contributed by atoms with Crippen molar-refractivity contribution in [2.75, 3.05) is 0 Å². The molecule has 0 saturated carbocycles. The molecule has 3 rings (SSSR count). The summed E-state index contributed by atoms with van der Waals surface area (Å²) in [4.78, 5) is 10.6. The van der Waals surface area contributed by atoms with Gasteiger partial charge in [0.25, 0.3) is 0 Å². The zero-order chi connectivity index (χ0) is 14.1. The van der Waals surface area contributed by atoms with Gasteiger partial charge in [-0.15, -0.1) is 0 Å². The Morgan fingerprint density at radius 1 is 1.15 bits per heavy atom. The van der Waals surface area contributed by atoms with E-state index in [9.17, 15) is 4.79 Å². The van der Waals surface area contributed by atoms with Gasteiger partial charge in [-0.05, 0) is 52.8 Å². The third-order valence-electron chi connectivity index (χ3n) is 3.79. The van der Waals surface area contributed by atoms with Crippen LogP contribution in [0.2, 0.25) is 0 Å². The largest absolute Gasteiger partial charge is 0.478 e. The molecule has 0 spiro atoms. The first kappa shape index (κ1) is 12.7. The lowest BCUT2D eigenvalue weighted by atomic mass is 9.99. The number of hydrogen-bond donors (Lipinski definition) is 1. The van der Waals surface area contributed by atoms with Crippen molar-refractivity contribution in [2.24, 2.45) is 0 Å². The molecule has 0 aromatic heterocycles. The van der Waals surface area contributed by atoms with Crippen LogP contribution in [0.3, 0.4) is 0 Å². The highest BCUT2D eigenvalue weighted by Crippen LogP contribution is 2.33. The van der Waals surface area contributed by atoms with Gasteiger partial charge in [0.05, 0.1) is 0 Å². The van der Waals surface area contributed by atoms with Gasteiger partial charge in [-0.3, -0.25) is 0 Å². The molecule has 20 heavy (non-hydrogen) atoms. The van der Waals surface area contributed by atoms with E-state index < -0.39 is 5.97 Å². The van der Waals surface area contributed by atoms with Crippen LogP contribution < -0.4 is 0 Å². The van der Waals surface area contributed by atoms with Crippen LogP contribution in [0.15, 0.2) is 48.1 Å². The zero-order valence-electron chi connectivity index (χ0n) is 11.4. The van der Waals surface area contributed by atoms with Gasteiger partial charge in [-0.25, -0.2) is 4.79 Å². The lowest BCUT2D eigenvalue weighted by Gasteiger charge is -2.05. The first-order valence-electron chi connectivity index (χ1n) is 6.78. The van der Waals surface area contributed by atoms with E-state index in [2.05, 4.69) is 30.3 Å². The standard InChI is InChI=1S/C18H16O2/c1-12(11-17(19)20)5-6-13-7-8-15-10-9-14-3-2-4-16(13)18(14)15/h2-8,11H,9-10H2,1H3,(H,19,20). The van der Waals surface area contributed by atoms with Crippen LogP contribution in [0, 0.1) is 0 Å². The van der Waals surface area contributed by atoms with Crippen molar-refractivity contribution in [3.05, 3.63) is 64.7 Å². The number of carboxylic acids is 1. The SMILES string of the molecule is CC(C=Cc1ccc2c3c(cccc13)CC2)=CC(=O)O. The number of aryl methyl sites for hydroxylation is 2. The number of carbonyl (C=O) groups is 1. The molecule has 100 valence electrons. The third kappa shape index (κ3) is 2.25. The second-order valence-electron chi connectivity index (χ2n) is 5.21. The predicted octanol–water partition coefficient (Wildman–Crippen LogP) is 3.98. The van der Waals surface area contributed by atoms with E-state index in [-0.39, 0.29) is 0 Å². The van der Waals surface area contributed by atoms with Gasteiger partial charge in [0.15, 0.2) is 0 Å². The van der Waals surface area contributed by atoms with Gasteiger partial charge in [0.2, 0.25) is 0 Å². The van der Waals surface area contributed by atoms with Crippen molar-refractivity contribution in [3.63, 3.8) is 0 Å². The highest BCUT2D eigenvalue weighted by atomic mass is 16.4. The maximum Gasteiger partial charge on any atom is 0.328 e. The molecule has 1 aliphatic carbocycles. The molecule has 0 unspecified atom stereocenters. The van der Waals surface area contributed by atoms with E-state index in [1.54, 1.807) is 6.92 Å². The van der Waals surface area contributed by atoms with Crippen LogP contribution >= 0.6 is 0 Å². The molecule has 0 saturated heterocycles. The number of allylic oxidation sites excluding steroid dienone is 2. The Morgan fingerprint density at radius 2 is 1.90 bits per heavy atom. The van der Waals surface area contributed by atoms with E-state index in [1.165, 1.54) is 28.0 Å². The van der Waals surface area contributed by atoms with E-state index in [0.717, 1.165) is 24.0 Å². The van der Waals surface area contributed by atoms with Crippen molar-refractivity contribution in [3.8, 4) is 0 Å². The summed E-state index contributed by atoms with van der Waals surface area (Å²) in [5, 5.41) is 11.4. The minimum atomic E-state index is -0.910. The van der Waals surface area contributed by atoms with Gasteiger partial charge in [-0.2, -0.15) is 0 Å². The van der Waals surface area contributed by atoms with Crippen molar-refractivity contribution in [1.29, 1.82) is 0 Å². The summed E-state index contributed by atoms with van der Waals surface area (Å²) in [5.41, 5.74) is 4.72. The van der Waals surface area contributed by atoms with E-state index in [1.807, 2.05) is 12.2 Å². The molecule has 1 N–H and O–H groups in total. The summed E-state index contributed by atoms with van der Waals surface area (Å²) in [6.07, 6.45) is 7.31. The topological polar surface area (TPSA) is 37.3 Å². The Balaban J connectivity index is 2.06. The van der Waals surface area contributed by atoms with Gasteiger partial charge < -0.3 is 5.11 Å². The van der Waals surface area contributed by atoms with Crippen LogP contribution in [-0.4, -0.2) is 11.1 Å². The summed E-state index contributed by atoms with van der Waals surface area (Å²) < 4.78 is 0. The summed E-state index contributed by atoms with van der Waals surface area (Å²) in [6.45, 7) is 1.80. The summed E-state index contributed by atoms with van der Waals surface area (Å²) >= 11 is 0. The average Bonchev–Trinajstić information content (AvgIpc) is 2.83. The highest BCUT2D eigenvalue weighted by Gasteiger charge is 2.14. The maximum absolute atomic E-state index is 10.6. The molecule has 0 bridgehead atoms. The predicted molar refractivity (Wildman–Crippen MR) is 81.8 cm³/mol. The van der Waals surface area contributed by atoms with E-state index >= 15 is 0 Å². The fraction of sp³-hybridized carbons (Fsp3) is 0.167. The van der Waals surface area contributed by atoms with Gasteiger partial charge in [0, 0.05) is 6.08 Å². The molecule has 2 aromatic rings. The Kier molecular flexibility index (Phi) is 3.15. The number of aliphatic carboxylic acids is 1. The quantitative estimate of drug-likeness (QED) is 0.672. The maximum atomic E-state index is 10.6. The molecular weight excluding hydrogens is 248 g/mol. The average molecular weight is 264 g/mol. The van der Waals surface area contributed by atoms with Gasteiger partial charge in [0.1, 0.15) is 0 Å². The molecule has 2 heteroatoms. The minimum Gasteiger partial charge on any atom is -0.478 e. The zero-order valence-corrected chi connectivity index (χ0v) is 11.4. The number of hydrogen-bond acceptors (Lipinski definition) is 1. The van der Waals surface area contributed by atoms with Crippen LogP contribution in [-0.2, 0) is 17.6 Å².